The van der Waals surface area contributed by atoms with Gasteiger partial charge in [-0.25, -0.2) is 9.98 Å². The average Bonchev–Trinajstić information content (AvgIpc) is 3.13. The SMILES string of the molecule is CC(=Nc1cccc(C)c1)c1ccc(C(C)=Nc2cccc(C)c2)o1.[Cl][Fe][Cl]. The zero-order valence-corrected chi connectivity index (χ0v) is 18.8. The molecule has 0 aliphatic carbocycles. The van der Waals surface area contributed by atoms with Crippen LogP contribution in [0.4, 0.5) is 11.4 Å². The van der Waals surface area contributed by atoms with Crippen molar-refractivity contribution in [1.82, 2.24) is 0 Å². The monoisotopic (exact) mass is 456 g/mol. The van der Waals surface area contributed by atoms with Crippen LogP contribution >= 0.6 is 20.2 Å². The van der Waals surface area contributed by atoms with Crippen molar-refractivity contribution in [3.63, 3.8) is 0 Å². The summed E-state index contributed by atoms with van der Waals surface area (Å²) in [6.45, 7) is 8.03. The zero-order valence-electron chi connectivity index (χ0n) is 16.2. The predicted octanol–water partition coefficient (Wildman–Crippen LogP) is 7.55. The van der Waals surface area contributed by atoms with Gasteiger partial charge in [-0.1, -0.05) is 24.3 Å². The van der Waals surface area contributed by atoms with Gasteiger partial charge < -0.3 is 4.42 Å². The van der Waals surface area contributed by atoms with E-state index in [2.05, 4.69) is 48.1 Å². The summed E-state index contributed by atoms with van der Waals surface area (Å²) < 4.78 is 5.95. The van der Waals surface area contributed by atoms with Crippen molar-refractivity contribution in [3.05, 3.63) is 83.3 Å². The Kier molecular flexibility index (Phi) is 9.00. The van der Waals surface area contributed by atoms with E-state index in [9.17, 15) is 0 Å². The molecule has 1 aromatic heterocycles. The molecule has 148 valence electrons. The Bertz CT molecular complexity index is 904. The second kappa shape index (κ2) is 11.2. The van der Waals surface area contributed by atoms with E-state index in [1.807, 2.05) is 50.2 Å². The molecule has 0 fully saturated rings. The summed E-state index contributed by atoms with van der Waals surface area (Å²) in [5.74, 6) is 1.52. The van der Waals surface area contributed by atoms with Crippen molar-refractivity contribution >= 4 is 43.0 Å². The maximum atomic E-state index is 5.95. The molecule has 0 saturated heterocycles. The standard InChI is InChI=1S/C22H22N2O.2ClH.Fe/c1-15-7-5-9-19(13-15)23-17(3)21-11-12-22(25-21)18(4)24-20-10-6-8-16(2)14-20;;;/h5-14H,1-4H3;2*1H;/q;;;+2/p-2. The van der Waals surface area contributed by atoms with E-state index in [0.717, 1.165) is 34.3 Å². The Balaban J connectivity index is 0.000000878. The summed E-state index contributed by atoms with van der Waals surface area (Å²) in [5, 5.41) is 0. The van der Waals surface area contributed by atoms with E-state index in [1.54, 1.807) is 0 Å². The fraction of sp³-hybridized carbons (Fsp3) is 0.182. The van der Waals surface area contributed by atoms with Crippen LogP contribution in [0.25, 0.3) is 0 Å². The molecule has 0 spiro atoms. The van der Waals surface area contributed by atoms with Crippen LogP contribution in [-0.2, 0) is 13.1 Å². The van der Waals surface area contributed by atoms with Gasteiger partial charge in [-0.3, -0.25) is 0 Å². The summed E-state index contributed by atoms with van der Waals surface area (Å²) in [7, 11) is 9.53. The molecule has 0 radical (unpaired) electrons. The molecule has 0 aliphatic rings. The first-order valence-corrected chi connectivity index (χ1v) is 11.7. The molecule has 6 heteroatoms. The van der Waals surface area contributed by atoms with Gasteiger partial charge in [0.1, 0.15) is 11.5 Å². The Hall–Kier alpha value is -1.84. The molecule has 0 N–H and O–H groups in total. The molecular formula is C22H22Cl2FeN2O. The molecule has 1 heterocycles. The number of aliphatic imine (C=N–C) groups is 2. The summed E-state index contributed by atoms with van der Waals surface area (Å²) >= 11 is 0.194. The summed E-state index contributed by atoms with van der Waals surface area (Å²) in [4.78, 5) is 9.28. The van der Waals surface area contributed by atoms with Gasteiger partial charge in [0.05, 0.1) is 22.8 Å². The van der Waals surface area contributed by atoms with Gasteiger partial charge in [0, 0.05) is 0 Å². The quantitative estimate of drug-likeness (QED) is 0.295. The van der Waals surface area contributed by atoms with Crippen LogP contribution in [0.15, 0.2) is 75.1 Å². The molecule has 0 saturated carbocycles. The third kappa shape index (κ3) is 6.96. The minimum atomic E-state index is 0.194. The third-order valence-electron chi connectivity index (χ3n) is 3.92. The number of furan rings is 1. The fourth-order valence-electron chi connectivity index (χ4n) is 2.62. The first-order valence-electron chi connectivity index (χ1n) is 8.62. The summed E-state index contributed by atoms with van der Waals surface area (Å²) in [6.07, 6.45) is 0. The molecule has 0 atom stereocenters. The van der Waals surface area contributed by atoms with Crippen molar-refractivity contribution in [2.45, 2.75) is 27.7 Å². The van der Waals surface area contributed by atoms with Crippen LogP contribution in [-0.4, -0.2) is 11.4 Å². The van der Waals surface area contributed by atoms with Crippen LogP contribution < -0.4 is 0 Å². The Morgan fingerprint density at radius 2 is 1.14 bits per heavy atom. The normalized spacial score (nSPS) is 11.9. The molecule has 3 aromatic rings. The van der Waals surface area contributed by atoms with Crippen LogP contribution in [0.1, 0.15) is 36.5 Å². The van der Waals surface area contributed by atoms with E-state index in [4.69, 9.17) is 24.6 Å². The minimum absolute atomic E-state index is 0.194. The zero-order chi connectivity index (χ0) is 20.5. The number of hydrogen-bond acceptors (Lipinski definition) is 3. The molecule has 2 aromatic carbocycles. The van der Waals surface area contributed by atoms with E-state index in [-0.39, 0.29) is 13.1 Å². The van der Waals surface area contributed by atoms with Crippen molar-refractivity contribution in [2.75, 3.05) is 0 Å². The van der Waals surface area contributed by atoms with E-state index in [1.165, 1.54) is 11.1 Å². The topological polar surface area (TPSA) is 37.9 Å². The molecule has 0 amide bonds. The van der Waals surface area contributed by atoms with Crippen molar-refractivity contribution in [2.24, 2.45) is 9.98 Å². The second-order valence-corrected chi connectivity index (χ2v) is 8.11. The molecule has 3 nitrogen and oxygen atoms in total. The molecular weight excluding hydrogens is 435 g/mol. The van der Waals surface area contributed by atoms with Crippen LogP contribution in [0, 0.1) is 13.8 Å². The van der Waals surface area contributed by atoms with Gasteiger partial charge in [-0.15, -0.1) is 0 Å². The average molecular weight is 457 g/mol. The van der Waals surface area contributed by atoms with Crippen LogP contribution in [0.3, 0.4) is 0 Å². The maximum absolute atomic E-state index is 5.95. The number of rotatable bonds is 4. The first kappa shape index (κ1) is 22.4. The Morgan fingerprint density at radius 1 is 0.750 bits per heavy atom. The van der Waals surface area contributed by atoms with Crippen molar-refractivity contribution < 1.29 is 17.6 Å². The van der Waals surface area contributed by atoms with Gasteiger partial charge in [0.25, 0.3) is 0 Å². The van der Waals surface area contributed by atoms with E-state index in [0.29, 0.717) is 0 Å². The van der Waals surface area contributed by atoms with E-state index >= 15 is 0 Å². The molecule has 28 heavy (non-hydrogen) atoms. The number of hydrogen-bond donors (Lipinski definition) is 0. The van der Waals surface area contributed by atoms with Crippen LogP contribution in [0.2, 0.25) is 0 Å². The number of benzene rings is 2. The van der Waals surface area contributed by atoms with Crippen molar-refractivity contribution in [1.29, 1.82) is 0 Å². The van der Waals surface area contributed by atoms with Crippen molar-refractivity contribution in [3.8, 4) is 0 Å². The van der Waals surface area contributed by atoms with Gasteiger partial charge in [-0.05, 0) is 75.2 Å². The number of halogens is 2. The third-order valence-corrected chi connectivity index (χ3v) is 3.92. The molecule has 3 rings (SSSR count). The van der Waals surface area contributed by atoms with Gasteiger partial charge >= 0.3 is 33.3 Å². The Morgan fingerprint density at radius 3 is 1.50 bits per heavy atom. The Labute approximate surface area is 181 Å². The number of aryl methyl sites for hydroxylation is 2. The van der Waals surface area contributed by atoms with Crippen LogP contribution in [0.5, 0.6) is 0 Å². The first-order chi connectivity index (χ1) is 13.4. The van der Waals surface area contributed by atoms with E-state index < -0.39 is 0 Å². The van der Waals surface area contributed by atoms with Gasteiger partial charge in [0.2, 0.25) is 0 Å². The predicted molar refractivity (Wildman–Crippen MR) is 117 cm³/mol. The second-order valence-electron chi connectivity index (χ2n) is 6.29. The molecule has 0 bridgehead atoms. The summed E-state index contributed by atoms with van der Waals surface area (Å²) in [5.41, 5.74) is 5.94. The summed E-state index contributed by atoms with van der Waals surface area (Å²) in [6, 6.07) is 20.1. The molecule has 0 aliphatic heterocycles. The fourth-order valence-corrected chi connectivity index (χ4v) is 2.62. The molecule has 0 unspecified atom stereocenters. The van der Waals surface area contributed by atoms with Gasteiger partial charge in [0.15, 0.2) is 0 Å². The number of nitrogens with zero attached hydrogens (tertiary/aromatic N) is 2. The van der Waals surface area contributed by atoms with Gasteiger partial charge in [-0.2, -0.15) is 0 Å².